The Balaban J connectivity index is 2.45. The Morgan fingerprint density at radius 3 is 2.59 bits per heavy atom. The number of aromatic nitrogens is 3. The van der Waals surface area contributed by atoms with Crippen LogP contribution in [-0.4, -0.2) is 22.1 Å². The summed E-state index contributed by atoms with van der Waals surface area (Å²) < 4.78 is 5.86. The van der Waals surface area contributed by atoms with Crippen molar-refractivity contribution in [3.63, 3.8) is 0 Å². The predicted molar refractivity (Wildman–Crippen MR) is 74.3 cm³/mol. The lowest BCUT2D eigenvalue weighted by atomic mass is 10.2. The van der Waals surface area contributed by atoms with Crippen molar-refractivity contribution in [1.82, 2.24) is 15.0 Å². The molecule has 0 aliphatic rings. The lowest BCUT2D eigenvalue weighted by Crippen LogP contribution is -1.97. The van der Waals surface area contributed by atoms with Crippen LogP contribution < -0.4 is 4.74 Å². The third kappa shape index (κ3) is 2.66. The molecule has 2 aromatic heterocycles. The Morgan fingerprint density at radius 1 is 1.29 bits per heavy atom. The highest BCUT2D eigenvalue weighted by molar-refractivity contribution is 14.1. The lowest BCUT2D eigenvalue weighted by molar-refractivity contribution is 0.398. The van der Waals surface area contributed by atoms with Crippen molar-refractivity contribution in [3.05, 3.63) is 32.7 Å². The Morgan fingerprint density at radius 2 is 2.06 bits per heavy atom. The van der Waals surface area contributed by atoms with Gasteiger partial charge in [0, 0.05) is 17.8 Å². The average Bonchev–Trinajstić information content (AvgIpc) is 2.35. The van der Waals surface area contributed by atoms with E-state index in [1.54, 1.807) is 19.4 Å². The summed E-state index contributed by atoms with van der Waals surface area (Å²) in [6.07, 6.45) is 1.66. The summed E-state index contributed by atoms with van der Waals surface area (Å²) in [5, 5.41) is 0.462. The molecule has 0 fully saturated rings. The number of aryl methyl sites for hydroxylation is 1. The first-order chi connectivity index (χ1) is 8.11. The standard InChI is InChI=1S/C11H9ClIN3O/c1-6-9(13)10(12)16-11(15-6)7-3-4-8(17-2)14-5-7/h3-5H,1-2H3. The van der Waals surface area contributed by atoms with Gasteiger partial charge in [-0.1, -0.05) is 11.6 Å². The fraction of sp³-hybridized carbons (Fsp3) is 0.182. The first kappa shape index (κ1) is 12.5. The van der Waals surface area contributed by atoms with Gasteiger partial charge in [0.2, 0.25) is 5.88 Å². The second-order valence-corrected chi connectivity index (χ2v) is 4.76. The van der Waals surface area contributed by atoms with Crippen molar-refractivity contribution in [1.29, 1.82) is 0 Å². The molecule has 0 amide bonds. The van der Waals surface area contributed by atoms with Crippen LogP contribution in [-0.2, 0) is 0 Å². The SMILES string of the molecule is COc1ccc(-c2nc(C)c(I)c(Cl)n2)cn1. The fourth-order valence-electron chi connectivity index (χ4n) is 1.29. The van der Waals surface area contributed by atoms with Gasteiger partial charge in [-0.2, -0.15) is 0 Å². The van der Waals surface area contributed by atoms with Crippen molar-refractivity contribution in [2.45, 2.75) is 6.92 Å². The zero-order chi connectivity index (χ0) is 12.4. The molecule has 0 N–H and O–H groups in total. The van der Waals surface area contributed by atoms with Gasteiger partial charge >= 0.3 is 0 Å². The maximum absolute atomic E-state index is 6.02. The molecule has 0 aliphatic carbocycles. The van der Waals surface area contributed by atoms with Crippen LogP contribution in [0.5, 0.6) is 5.88 Å². The summed E-state index contributed by atoms with van der Waals surface area (Å²) >= 11 is 8.15. The van der Waals surface area contributed by atoms with Crippen LogP contribution >= 0.6 is 34.2 Å². The molecule has 0 atom stereocenters. The molecule has 4 nitrogen and oxygen atoms in total. The van der Waals surface area contributed by atoms with Crippen LogP contribution in [0.2, 0.25) is 5.15 Å². The lowest BCUT2D eigenvalue weighted by Gasteiger charge is -2.05. The minimum Gasteiger partial charge on any atom is -0.481 e. The highest BCUT2D eigenvalue weighted by atomic mass is 127. The maximum atomic E-state index is 6.02. The first-order valence-electron chi connectivity index (χ1n) is 4.82. The molecule has 0 saturated carbocycles. The molecule has 0 saturated heterocycles. The van der Waals surface area contributed by atoms with E-state index in [4.69, 9.17) is 16.3 Å². The topological polar surface area (TPSA) is 47.9 Å². The van der Waals surface area contributed by atoms with Gasteiger partial charge in [0.1, 0.15) is 5.15 Å². The molecule has 2 heterocycles. The van der Waals surface area contributed by atoms with E-state index < -0.39 is 0 Å². The highest BCUT2D eigenvalue weighted by Gasteiger charge is 2.09. The summed E-state index contributed by atoms with van der Waals surface area (Å²) in [6.45, 7) is 1.90. The highest BCUT2D eigenvalue weighted by Crippen LogP contribution is 2.23. The zero-order valence-electron chi connectivity index (χ0n) is 9.24. The molecule has 2 aromatic rings. The molecular formula is C11H9ClIN3O. The van der Waals surface area contributed by atoms with Gasteiger partial charge in [0.05, 0.1) is 16.4 Å². The van der Waals surface area contributed by atoms with E-state index in [1.807, 2.05) is 13.0 Å². The number of halogens is 2. The summed E-state index contributed by atoms with van der Waals surface area (Å²) in [5.41, 5.74) is 1.67. The van der Waals surface area contributed by atoms with Gasteiger partial charge in [-0.25, -0.2) is 15.0 Å². The zero-order valence-corrected chi connectivity index (χ0v) is 12.2. The summed E-state index contributed by atoms with van der Waals surface area (Å²) in [6, 6.07) is 3.61. The van der Waals surface area contributed by atoms with Crippen molar-refractivity contribution in [2.75, 3.05) is 7.11 Å². The molecule has 6 heteroatoms. The van der Waals surface area contributed by atoms with Gasteiger partial charge in [-0.3, -0.25) is 0 Å². The average molecular weight is 362 g/mol. The third-order valence-corrected chi connectivity index (χ3v) is 4.06. The molecule has 0 aliphatic heterocycles. The molecule has 17 heavy (non-hydrogen) atoms. The van der Waals surface area contributed by atoms with Crippen LogP contribution in [0.25, 0.3) is 11.4 Å². The number of hydrogen-bond acceptors (Lipinski definition) is 4. The molecular weight excluding hydrogens is 352 g/mol. The van der Waals surface area contributed by atoms with Gasteiger partial charge < -0.3 is 4.74 Å². The Labute approximate surface area is 118 Å². The monoisotopic (exact) mass is 361 g/mol. The van der Waals surface area contributed by atoms with Crippen molar-refractivity contribution < 1.29 is 4.74 Å². The number of hydrogen-bond donors (Lipinski definition) is 0. The molecule has 0 spiro atoms. The quantitative estimate of drug-likeness (QED) is 0.609. The van der Waals surface area contributed by atoms with E-state index in [0.29, 0.717) is 16.9 Å². The van der Waals surface area contributed by atoms with Gasteiger partial charge in [-0.15, -0.1) is 0 Å². The molecule has 88 valence electrons. The van der Waals surface area contributed by atoms with E-state index in [-0.39, 0.29) is 0 Å². The Bertz CT molecular complexity index is 522. The molecule has 0 bridgehead atoms. The van der Waals surface area contributed by atoms with Crippen LogP contribution in [0, 0.1) is 10.5 Å². The number of nitrogens with zero attached hydrogens (tertiary/aromatic N) is 3. The first-order valence-corrected chi connectivity index (χ1v) is 6.27. The van der Waals surface area contributed by atoms with Crippen molar-refractivity contribution in [3.8, 4) is 17.3 Å². The van der Waals surface area contributed by atoms with Crippen molar-refractivity contribution in [2.24, 2.45) is 0 Å². The Kier molecular flexibility index (Phi) is 3.78. The molecule has 0 aromatic carbocycles. The minimum absolute atomic E-state index is 0.462. The van der Waals surface area contributed by atoms with E-state index in [1.165, 1.54) is 0 Å². The number of ether oxygens (including phenoxy) is 1. The second-order valence-electron chi connectivity index (χ2n) is 3.33. The van der Waals surface area contributed by atoms with E-state index >= 15 is 0 Å². The second kappa shape index (κ2) is 5.14. The minimum atomic E-state index is 0.462. The van der Waals surface area contributed by atoms with Crippen LogP contribution in [0.3, 0.4) is 0 Å². The summed E-state index contributed by atoms with van der Waals surface area (Å²) in [7, 11) is 1.57. The maximum Gasteiger partial charge on any atom is 0.212 e. The summed E-state index contributed by atoms with van der Waals surface area (Å²) in [4.78, 5) is 12.7. The number of rotatable bonds is 2. The molecule has 0 unspecified atom stereocenters. The summed E-state index contributed by atoms with van der Waals surface area (Å²) in [5.74, 6) is 1.13. The molecule has 2 rings (SSSR count). The van der Waals surface area contributed by atoms with Gasteiger partial charge in [0.15, 0.2) is 5.82 Å². The predicted octanol–water partition coefficient (Wildman–Crippen LogP) is 3.11. The van der Waals surface area contributed by atoms with Crippen LogP contribution in [0.1, 0.15) is 5.69 Å². The molecule has 0 radical (unpaired) electrons. The van der Waals surface area contributed by atoms with Gasteiger partial charge in [-0.05, 0) is 35.6 Å². The smallest absolute Gasteiger partial charge is 0.212 e. The Hall–Kier alpha value is -0.950. The van der Waals surface area contributed by atoms with Crippen molar-refractivity contribution >= 4 is 34.2 Å². The fourth-order valence-corrected chi connectivity index (χ4v) is 1.74. The van der Waals surface area contributed by atoms with E-state index in [2.05, 4.69) is 37.5 Å². The third-order valence-electron chi connectivity index (χ3n) is 2.18. The van der Waals surface area contributed by atoms with Crippen LogP contribution in [0.15, 0.2) is 18.3 Å². The number of pyridine rings is 1. The number of methoxy groups -OCH3 is 1. The normalized spacial score (nSPS) is 10.4. The largest absolute Gasteiger partial charge is 0.481 e. The van der Waals surface area contributed by atoms with E-state index in [9.17, 15) is 0 Å². The van der Waals surface area contributed by atoms with E-state index in [0.717, 1.165) is 14.8 Å². The van der Waals surface area contributed by atoms with Gasteiger partial charge in [0.25, 0.3) is 0 Å². The van der Waals surface area contributed by atoms with Crippen LogP contribution in [0.4, 0.5) is 0 Å².